The summed E-state index contributed by atoms with van der Waals surface area (Å²) in [5.74, 6) is 0.469. The van der Waals surface area contributed by atoms with Crippen molar-refractivity contribution in [3.8, 4) is 22.6 Å². The molecule has 0 saturated heterocycles. The third kappa shape index (κ3) is 6.87. The first-order valence-corrected chi connectivity index (χ1v) is 12.2. The first-order valence-electron chi connectivity index (χ1n) is 12.2. The Labute approximate surface area is 214 Å². The smallest absolute Gasteiger partial charge is 0.300 e. The van der Waals surface area contributed by atoms with Gasteiger partial charge in [-0.1, -0.05) is 58.9 Å². The highest BCUT2D eigenvalue weighted by Gasteiger charge is 2.28. The Kier molecular flexibility index (Phi) is 8.12. The summed E-state index contributed by atoms with van der Waals surface area (Å²) in [6.45, 7) is 12.6. The van der Waals surface area contributed by atoms with Gasteiger partial charge in [0.05, 0.1) is 7.11 Å². The molecule has 0 amide bonds. The molecule has 3 aromatic carbocycles. The SMILES string of the molecule is CC(=O)O.COc1ccc(F)c(-c2ccc(COc3ccc4c(c3)CC(C)(C)C4)cc2C(C)(C)C)c1. The van der Waals surface area contributed by atoms with Crippen LogP contribution in [0.4, 0.5) is 4.39 Å². The van der Waals surface area contributed by atoms with Crippen LogP contribution < -0.4 is 9.47 Å². The number of aliphatic carboxylic acids is 1. The van der Waals surface area contributed by atoms with E-state index in [1.165, 1.54) is 17.2 Å². The zero-order chi connectivity index (χ0) is 26.7. The third-order valence-corrected chi connectivity index (χ3v) is 6.28. The summed E-state index contributed by atoms with van der Waals surface area (Å²) in [5, 5.41) is 7.42. The van der Waals surface area contributed by atoms with E-state index in [9.17, 15) is 4.39 Å². The molecule has 0 radical (unpaired) electrons. The van der Waals surface area contributed by atoms with Crippen LogP contribution in [0, 0.1) is 11.2 Å². The summed E-state index contributed by atoms with van der Waals surface area (Å²) in [5.41, 5.74) is 6.60. The summed E-state index contributed by atoms with van der Waals surface area (Å²) in [7, 11) is 1.60. The molecule has 36 heavy (non-hydrogen) atoms. The zero-order valence-corrected chi connectivity index (χ0v) is 22.4. The number of methoxy groups -OCH3 is 1. The van der Waals surface area contributed by atoms with Gasteiger partial charge in [-0.2, -0.15) is 0 Å². The molecule has 4 nitrogen and oxygen atoms in total. The molecule has 0 spiro atoms. The van der Waals surface area contributed by atoms with E-state index in [1.807, 2.05) is 12.1 Å². The number of hydrogen-bond acceptors (Lipinski definition) is 3. The van der Waals surface area contributed by atoms with Crippen LogP contribution in [0.1, 0.15) is 63.8 Å². The van der Waals surface area contributed by atoms with Gasteiger partial charge in [0.25, 0.3) is 5.97 Å². The lowest BCUT2D eigenvalue weighted by molar-refractivity contribution is -0.134. The molecule has 0 fully saturated rings. The monoisotopic (exact) mass is 492 g/mol. The Bertz CT molecular complexity index is 1230. The van der Waals surface area contributed by atoms with E-state index in [1.54, 1.807) is 19.2 Å². The van der Waals surface area contributed by atoms with Crippen molar-refractivity contribution in [2.24, 2.45) is 5.41 Å². The van der Waals surface area contributed by atoms with Crippen LogP contribution in [0.25, 0.3) is 11.1 Å². The maximum absolute atomic E-state index is 14.7. The molecule has 5 heteroatoms. The molecule has 1 aliphatic rings. The van der Waals surface area contributed by atoms with Crippen LogP contribution in [0.2, 0.25) is 0 Å². The zero-order valence-electron chi connectivity index (χ0n) is 22.4. The predicted octanol–water partition coefficient (Wildman–Crippen LogP) is 7.59. The number of halogens is 1. The lowest BCUT2D eigenvalue weighted by Crippen LogP contribution is -2.14. The average Bonchev–Trinajstić information content (AvgIpc) is 3.10. The van der Waals surface area contributed by atoms with E-state index in [0.717, 1.165) is 42.2 Å². The third-order valence-electron chi connectivity index (χ3n) is 6.28. The lowest BCUT2D eigenvalue weighted by Gasteiger charge is -2.24. The predicted molar refractivity (Wildman–Crippen MR) is 142 cm³/mol. The number of fused-ring (bicyclic) bond motifs is 1. The molecule has 0 saturated carbocycles. The van der Waals surface area contributed by atoms with Crippen LogP contribution in [-0.4, -0.2) is 18.2 Å². The fourth-order valence-corrected chi connectivity index (χ4v) is 4.66. The number of carbonyl (C=O) groups is 1. The van der Waals surface area contributed by atoms with Crippen LogP contribution in [0.5, 0.6) is 11.5 Å². The highest BCUT2D eigenvalue weighted by molar-refractivity contribution is 5.71. The fraction of sp³-hybridized carbons (Fsp3) is 0.387. The van der Waals surface area contributed by atoms with Gasteiger partial charge < -0.3 is 14.6 Å². The van der Waals surface area contributed by atoms with Gasteiger partial charge in [-0.25, -0.2) is 4.39 Å². The van der Waals surface area contributed by atoms with Gasteiger partial charge in [-0.05, 0) is 81.8 Å². The Morgan fingerprint density at radius 3 is 2.22 bits per heavy atom. The maximum atomic E-state index is 14.7. The van der Waals surface area contributed by atoms with E-state index in [2.05, 4.69) is 58.9 Å². The Hall–Kier alpha value is -3.34. The lowest BCUT2D eigenvalue weighted by atomic mass is 9.81. The van der Waals surface area contributed by atoms with Crippen molar-refractivity contribution in [3.05, 3.63) is 82.7 Å². The van der Waals surface area contributed by atoms with Crippen LogP contribution in [-0.2, 0) is 29.7 Å². The molecule has 0 heterocycles. The molecule has 0 unspecified atom stereocenters. The number of carboxylic acid groups (broad SMARTS) is 1. The van der Waals surface area contributed by atoms with Crippen molar-refractivity contribution in [3.63, 3.8) is 0 Å². The van der Waals surface area contributed by atoms with Crippen molar-refractivity contribution in [1.82, 2.24) is 0 Å². The first kappa shape index (κ1) is 27.3. The highest BCUT2D eigenvalue weighted by atomic mass is 19.1. The summed E-state index contributed by atoms with van der Waals surface area (Å²) < 4.78 is 26.2. The molecule has 1 aliphatic carbocycles. The summed E-state index contributed by atoms with van der Waals surface area (Å²) in [4.78, 5) is 9.00. The summed E-state index contributed by atoms with van der Waals surface area (Å²) in [6, 6.07) is 17.5. The number of benzene rings is 3. The van der Waals surface area contributed by atoms with Crippen LogP contribution >= 0.6 is 0 Å². The van der Waals surface area contributed by atoms with E-state index in [-0.39, 0.29) is 11.2 Å². The molecule has 3 aromatic rings. The number of rotatable bonds is 5. The molecular weight excluding hydrogens is 455 g/mol. The number of carboxylic acids is 1. The van der Waals surface area contributed by atoms with Crippen LogP contribution in [0.15, 0.2) is 54.6 Å². The number of ether oxygens (including phenoxy) is 2. The van der Waals surface area contributed by atoms with Crippen molar-refractivity contribution < 1.29 is 23.8 Å². The number of hydrogen-bond donors (Lipinski definition) is 1. The molecule has 0 atom stereocenters. The van der Waals surface area contributed by atoms with Gasteiger partial charge in [0.1, 0.15) is 23.9 Å². The molecule has 192 valence electrons. The largest absolute Gasteiger partial charge is 0.497 e. The van der Waals surface area contributed by atoms with Gasteiger partial charge in [0, 0.05) is 12.5 Å². The van der Waals surface area contributed by atoms with E-state index < -0.39 is 5.97 Å². The molecular formula is C31H37FO4. The van der Waals surface area contributed by atoms with Crippen molar-refractivity contribution >= 4 is 5.97 Å². The van der Waals surface area contributed by atoms with Crippen molar-refractivity contribution in [1.29, 1.82) is 0 Å². The molecule has 0 aliphatic heterocycles. The second-order valence-electron chi connectivity index (χ2n) is 11.2. The molecule has 4 rings (SSSR count). The van der Waals surface area contributed by atoms with Gasteiger partial charge in [-0.3, -0.25) is 4.79 Å². The van der Waals surface area contributed by atoms with Gasteiger partial charge in [0.15, 0.2) is 0 Å². The molecule has 1 N–H and O–H groups in total. The highest BCUT2D eigenvalue weighted by Crippen LogP contribution is 2.39. The van der Waals surface area contributed by atoms with Gasteiger partial charge >= 0.3 is 0 Å². The molecule has 0 bridgehead atoms. The minimum absolute atomic E-state index is 0.153. The van der Waals surface area contributed by atoms with Gasteiger partial charge in [-0.15, -0.1) is 0 Å². The Balaban J connectivity index is 0.000000840. The summed E-state index contributed by atoms with van der Waals surface area (Å²) in [6.07, 6.45) is 2.22. The first-order chi connectivity index (χ1) is 16.8. The van der Waals surface area contributed by atoms with Crippen molar-refractivity contribution in [2.45, 2.75) is 66.4 Å². The van der Waals surface area contributed by atoms with E-state index >= 15 is 0 Å². The second kappa shape index (κ2) is 10.7. The maximum Gasteiger partial charge on any atom is 0.300 e. The minimum atomic E-state index is -0.833. The standard InChI is InChI=1S/C29H33FO2.C2H4O2/c1-28(2,3)26-13-19(7-11-24(26)25-15-22(31-6)10-12-27(25)30)18-32-23-9-8-20-16-29(4,5)17-21(20)14-23;1-2(3)4/h7-15H,16-18H2,1-6H3;1H3,(H,3,4). The van der Waals surface area contributed by atoms with E-state index in [0.29, 0.717) is 23.3 Å². The van der Waals surface area contributed by atoms with Gasteiger partial charge in [0.2, 0.25) is 0 Å². The Morgan fingerprint density at radius 1 is 0.944 bits per heavy atom. The Morgan fingerprint density at radius 2 is 1.58 bits per heavy atom. The normalized spacial score (nSPS) is 13.9. The van der Waals surface area contributed by atoms with Crippen molar-refractivity contribution in [2.75, 3.05) is 7.11 Å². The second-order valence-corrected chi connectivity index (χ2v) is 11.2. The van der Waals surface area contributed by atoms with E-state index in [4.69, 9.17) is 19.4 Å². The quantitative estimate of drug-likeness (QED) is 0.399. The van der Waals surface area contributed by atoms with Crippen LogP contribution in [0.3, 0.4) is 0 Å². The minimum Gasteiger partial charge on any atom is -0.497 e. The fourth-order valence-electron chi connectivity index (χ4n) is 4.66. The topological polar surface area (TPSA) is 55.8 Å². The molecule has 0 aromatic heterocycles. The summed E-state index contributed by atoms with van der Waals surface area (Å²) >= 11 is 0. The average molecular weight is 493 g/mol.